The summed E-state index contributed by atoms with van der Waals surface area (Å²) in [6.45, 7) is 6.29. The van der Waals surface area contributed by atoms with E-state index in [-0.39, 0.29) is 23.7 Å². The van der Waals surface area contributed by atoms with E-state index in [4.69, 9.17) is 9.47 Å². The van der Waals surface area contributed by atoms with Gasteiger partial charge in [-0.2, -0.15) is 0 Å². The molecule has 0 unspecified atom stereocenters. The molecule has 7 nitrogen and oxygen atoms in total. The van der Waals surface area contributed by atoms with E-state index in [1.165, 1.54) is 18.2 Å². The quantitative estimate of drug-likeness (QED) is 0.380. The van der Waals surface area contributed by atoms with Gasteiger partial charge in [-0.3, -0.25) is 14.9 Å². The summed E-state index contributed by atoms with van der Waals surface area (Å²) in [6, 6.07) is 9.88. The lowest BCUT2D eigenvalue weighted by Crippen LogP contribution is -2.28. The van der Waals surface area contributed by atoms with Gasteiger partial charge in [0, 0.05) is 42.8 Å². The van der Waals surface area contributed by atoms with Crippen molar-refractivity contribution in [1.82, 2.24) is 4.90 Å². The van der Waals surface area contributed by atoms with Crippen LogP contribution in [-0.2, 0) is 11.2 Å². The van der Waals surface area contributed by atoms with Crippen LogP contribution in [0.4, 0.5) is 5.69 Å². The van der Waals surface area contributed by atoms with Gasteiger partial charge in [0.05, 0.1) is 17.6 Å². The number of hydrogen-bond acceptors (Lipinski definition) is 5. The Kier molecular flexibility index (Phi) is 6.40. The Balaban J connectivity index is 1.79. The molecule has 2 aromatic rings. The fourth-order valence-corrected chi connectivity index (χ4v) is 3.46. The summed E-state index contributed by atoms with van der Waals surface area (Å²) in [5.41, 5.74) is 2.58. The molecule has 2 aromatic carbocycles. The lowest BCUT2D eigenvalue weighted by atomic mass is 10.1. The van der Waals surface area contributed by atoms with Gasteiger partial charge in [-0.1, -0.05) is 12.1 Å². The Bertz CT molecular complexity index is 986. The van der Waals surface area contributed by atoms with Crippen LogP contribution in [0, 0.1) is 10.1 Å². The van der Waals surface area contributed by atoms with Gasteiger partial charge in [0.1, 0.15) is 17.6 Å². The van der Waals surface area contributed by atoms with Crippen molar-refractivity contribution in [3.8, 4) is 11.5 Å². The molecule has 0 radical (unpaired) electrons. The van der Waals surface area contributed by atoms with E-state index >= 15 is 0 Å². The Morgan fingerprint density at radius 3 is 2.87 bits per heavy atom. The number of ether oxygens (including phenoxy) is 2. The molecule has 0 bridgehead atoms. The molecule has 0 spiro atoms. The van der Waals surface area contributed by atoms with Crippen molar-refractivity contribution >= 4 is 17.7 Å². The number of carbonyl (C=O) groups is 1. The number of hydrogen-bond donors (Lipinski definition) is 0. The molecule has 3 rings (SSSR count). The minimum Gasteiger partial charge on any atom is -0.493 e. The molecular formula is C23H26N2O5. The summed E-state index contributed by atoms with van der Waals surface area (Å²) >= 11 is 0. The lowest BCUT2D eigenvalue weighted by molar-refractivity contribution is -0.384. The minimum atomic E-state index is -0.440. The molecule has 2 atom stereocenters. The van der Waals surface area contributed by atoms with E-state index in [0.717, 1.165) is 23.3 Å². The highest BCUT2D eigenvalue weighted by Gasteiger charge is 2.22. The van der Waals surface area contributed by atoms with Gasteiger partial charge in [0.2, 0.25) is 5.91 Å². The van der Waals surface area contributed by atoms with E-state index in [1.807, 2.05) is 32.9 Å². The van der Waals surface area contributed by atoms with Crippen molar-refractivity contribution in [1.29, 1.82) is 0 Å². The predicted molar refractivity (Wildman–Crippen MR) is 115 cm³/mol. The zero-order valence-electron chi connectivity index (χ0n) is 17.6. The third-order valence-corrected chi connectivity index (χ3v) is 5.23. The zero-order chi connectivity index (χ0) is 21.8. The molecule has 1 aliphatic heterocycles. The number of carbonyl (C=O) groups excluding carboxylic acids is 1. The minimum absolute atomic E-state index is 0.00414. The maximum Gasteiger partial charge on any atom is 0.269 e. The van der Waals surface area contributed by atoms with Gasteiger partial charge < -0.3 is 14.4 Å². The van der Waals surface area contributed by atoms with Crippen LogP contribution < -0.4 is 9.47 Å². The number of benzene rings is 2. The van der Waals surface area contributed by atoms with Crippen molar-refractivity contribution in [3.63, 3.8) is 0 Å². The van der Waals surface area contributed by atoms with Crippen LogP contribution in [0.2, 0.25) is 0 Å². The number of likely N-dealkylation sites (N-methyl/N-ethyl adjacent to an activating group) is 1. The molecule has 0 aliphatic carbocycles. The van der Waals surface area contributed by atoms with Gasteiger partial charge >= 0.3 is 0 Å². The average Bonchev–Trinajstić information content (AvgIpc) is 3.09. The first-order chi connectivity index (χ1) is 14.3. The van der Waals surface area contributed by atoms with Crippen LogP contribution in [0.5, 0.6) is 11.5 Å². The second kappa shape index (κ2) is 8.98. The molecule has 0 fully saturated rings. The molecule has 1 aliphatic rings. The highest BCUT2D eigenvalue weighted by atomic mass is 16.6. The smallest absolute Gasteiger partial charge is 0.269 e. The summed E-state index contributed by atoms with van der Waals surface area (Å²) in [6.07, 6.45) is 4.16. The van der Waals surface area contributed by atoms with Gasteiger partial charge in [0.25, 0.3) is 5.69 Å². The van der Waals surface area contributed by atoms with Gasteiger partial charge in [-0.05, 0) is 44.5 Å². The first-order valence-corrected chi connectivity index (χ1v) is 9.95. The van der Waals surface area contributed by atoms with Crippen molar-refractivity contribution in [2.24, 2.45) is 0 Å². The number of rotatable bonds is 7. The molecule has 1 amide bonds. The number of fused-ring (bicyclic) bond motifs is 1. The van der Waals surface area contributed by atoms with E-state index in [0.29, 0.717) is 17.9 Å². The molecule has 0 N–H and O–H groups in total. The molecule has 0 saturated carbocycles. The SMILES string of the molecule is CCOc1cc2c(cc1/C=C/C(=O)N(C)[C@@H](C)c1cccc([N+](=O)[O-])c1)O[C@@H](C)C2. The standard InChI is InChI=1S/C23H26N2O5/c1-5-29-21-14-19-11-15(2)30-22(19)13-18(21)9-10-23(26)24(4)16(3)17-7-6-8-20(12-17)25(27)28/h6-10,12-16H,5,11H2,1-4H3/b10-9+/t15-,16-/m0/s1. The number of nitrogens with zero attached hydrogens (tertiary/aromatic N) is 2. The monoisotopic (exact) mass is 410 g/mol. The van der Waals surface area contributed by atoms with Crippen molar-refractivity contribution in [2.45, 2.75) is 39.3 Å². The zero-order valence-corrected chi connectivity index (χ0v) is 17.6. The maximum atomic E-state index is 12.7. The summed E-state index contributed by atoms with van der Waals surface area (Å²) in [7, 11) is 1.67. The predicted octanol–water partition coefficient (Wildman–Crippen LogP) is 4.55. The van der Waals surface area contributed by atoms with Gasteiger partial charge in [-0.25, -0.2) is 0 Å². The Labute approximate surface area is 176 Å². The molecule has 0 aromatic heterocycles. The van der Waals surface area contributed by atoms with Crippen molar-refractivity contribution < 1.29 is 19.2 Å². The molecule has 7 heteroatoms. The summed E-state index contributed by atoms with van der Waals surface area (Å²) < 4.78 is 11.6. The number of nitro groups is 1. The lowest BCUT2D eigenvalue weighted by Gasteiger charge is -2.24. The van der Waals surface area contributed by atoms with E-state index < -0.39 is 4.92 Å². The average molecular weight is 410 g/mol. The molecular weight excluding hydrogens is 384 g/mol. The first kappa shape index (κ1) is 21.4. The summed E-state index contributed by atoms with van der Waals surface area (Å²) in [4.78, 5) is 24.9. The Morgan fingerprint density at radius 1 is 1.40 bits per heavy atom. The largest absolute Gasteiger partial charge is 0.493 e. The van der Waals surface area contributed by atoms with Crippen molar-refractivity contribution in [3.05, 3.63) is 69.3 Å². The molecule has 30 heavy (non-hydrogen) atoms. The van der Waals surface area contributed by atoms with Crippen molar-refractivity contribution in [2.75, 3.05) is 13.7 Å². The van der Waals surface area contributed by atoms with E-state index in [9.17, 15) is 14.9 Å². The molecule has 0 saturated heterocycles. The third-order valence-electron chi connectivity index (χ3n) is 5.23. The van der Waals surface area contributed by atoms with Crippen LogP contribution in [0.3, 0.4) is 0 Å². The van der Waals surface area contributed by atoms with E-state index in [1.54, 1.807) is 30.2 Å². The second-order valence-corrected chi connectivity index (χ2v) is 7.37. The van der Waals surface area contributed by atoms with E-state index in [2.05, 4.69) is 0 Å². The van der Waals surface area contributed by atoms with Crippen LogP contribution >= 0.6 is 0 Å². The first-order valence-electron chi connectivity index (χ1n) is 9.95. The Morgan fingerprint density at radius 2 is 2.17 bits per heavy atom. The highest BCUT2D eigenvalue weighted by Crippen LogP contribution is 2.35. The molecule has 1 heterocycles. The fraction of sp³-hybridized carbons (Fsp3) is 0.348. The topological polar surface area (TPSA) is 81.9 Å². The highest BCUT2D eigenvalue weighted by molar-refractivity contribution is 5.92. The second-order valence-electron chi connectivity index (χ2n) is 7.37. The summed E-state index contributed by atoms with van der Waals surface area (Å²) in [5, 5.41) is 11.0. The third kappa shape index (κ3) is 4.62. The van der Waals surface area contributed by atoms with Crippen LogP contribution in [0.25, 0.3) is 6.08 Å². The van der Waals surface area contributed by atoms with Gasteiger partial charge in [-0.15, -0.1) is 0 Å². The van der Waals surface area contributed by atoms with Crippen LogP contribution in [0.15, 0.2) is 42.5 Å². The van der Waals surface area contributed by atoms with Crippen LogP contribution in [-0.4, -0.2) is 35.5 Å². The maximum absolute atomic E-state index is 12.7. The van der Waals surface area contributed by atoms with Gasteiger partial charge in [0.15, 0.2) is 0 Å². The Hall–Kier alpha value is -3.35. The number of amides is 1. The van der Waals surface area contributed by atoms with Crippen LogP contribution in [0.1, 0.15) is 43.5 Å². The molecule has 158 valence electrons. The summed E-state index contributed by atoms with van der Waals surface area (Å²) in [5.74, 6) is 1.31. The fourth-order valence-electron chi connectivity index (χ4n) is 3.46. The number of nitro benzene ring substituents is 1. The normalized spacial score (nSPS) is 16.1. The number of non-ortho nitro benzene ring substituents is 1.